The topological polar surface area (TPSA) is 108 Å². The molecule has 198 valence electrons. The Hall–Kier alpha value is -3.52. The number of hydrogen-bond donors (Lipinski definition) is 3. The van der Waals surface area contributed by atoms with Crippen molar-refractivity contribution >= 4 is 5.91 Å². The summed E-state index contributed by atoms with van der Waals surface area (Å²) in [6, 6.07) is 9.01. The van der Waals surface area contributed by atoms with E-state index in [0.717, 1.165) is 36.0 Å². The van der Waals surface area contributed by atoms with Crippen LogP contribution in [0.1, 0.15) is 78.3 Å². The average molecular weight is 508 g/mol. The zero-order valence-electron chi connectivity index (χ0n) is 22.1. The van der Waals surface area contributed by atoms with Crippen LogP contribution < -0.4 is 9.47 Å². The van der Waals surface area contributed by atoms with Gasteiger partial charge in [-0.05, 0) is 68.5 Å². The van der Waals surface area contributed by atoms with Crippen molar-refractivity contribution in [1.82, 2.24) is 15.1 Å². The van der Waals surface area contributed by atoms with Crippen molar-refractivity contribution in [2.24, 2.45) is 0 Å². The van der Waals surface area contributed by atoms with Crippen molar-refractivity contribution in [2.45, 2.75) is 59.4 Å². The molecule has 8 heteroatoms. The molecule has 1 atom stereocenters. The Balaban J connectivity index is 1.81. The highest BCUT2D eigenvalue weighted by molar-refractivity contribution is 6.00. The summed E-state index contributed by atoms with van der Waals surface area (Å²) in [4.78, 5) is 15.2. The molecule has 0 radical (unpaired) electrons. The molecule has 0 aliphatic carbocycles. The molecule has 1 amide bonds. The number of aliphatic hydroxyl groups is 1. The number of carbonyl (C=O) groups is 1. The van der Waals surface area contributed by atoms with Crippen molar-refractivity contribution in [1.29, 1.82) is 0 Å². The molecule has 0 bridgehead atoms. The maximum atomic E-state index is 13.5. The van der Waals surface area contributed by atoms with Crippen LogP contribution >= 0.6 is 0 Å². The highest BCUT2D eigenvalue weighted by Crippen LogP contribution is 2.46. The van der Waals surface area contributed by atoms with Gasteiger partial charge in [-0.1, -0.05) is 31.9 Å². The summed E-state index contributed by atoms with van der Waals surface area (Å²) in [6.45, 7) is 9.37. The Morgan fingerprint density at radius 1 is 1.05 bits per heavy atom. The molecule has 0 fully saturated rings. The van der Waals surface area contributed by atoms with E-state index in [9.17, 15) is 15.0 Å². The van der Waals surface area contributed by atoms with Crippen molar-refractivity contribution in [3.05, 3.63) is 58.3 Å². The molecule has 3 N–H and O–H groups in total. The molecule has 2 heterocycles. The molecule has 37 heavy (non-hydrogen) atoms. The zero-order valence-corrected chi connectivity index (χ0v) is 22.1. The van der Waals surface area contributed by atoms with Gasteiger partial charge in [0, 0.05) is 24.3 Å². The van der Waals surface area contributed by atoms with Gasteiger partial charge in [0.05, 0.1) is 19.3 Å². The number of aliphatic hydroxyl groups excluding tert-OH is 1. The number of unbranched alkanes of at least 4 members (excludes halogenated alkanes) is 2. The Bertz CT molecular complexity index is 1230. The Kier molecular flexibility index (Phi) is 8.38. The number of nitrogens with one attached hydrogen (secondary N) is 1. The molecular weight excluding hydrogens is 470 g/mol. The number of aryl methyl sites for hydroxylation is 2. The molecule has 0 saturated heterocycles. The lowest BCUT2D eigenvalue weighted by Crippen LogP contribution is -2.31. The van der Waals surface area contributed by atoms with E-state index in [4.69, 9.17) is 9.47 Å². The smallest absolute Gasteiger partial charge is 0.273 e. The largest absolute Gasteiger partial charge is 0.507 e. The van der Waals surface area contributed by atoms with Gasteiger partial charge >= 0.3 is 0 Å². The van der Waals surface area contributed by atoms with Gasteiger partial charge in [-0.3, -0.25) is 9.89 Å². The minimum Gasteiger partial charge on any atom is -0.507 e. The minimum absolute atomic E-state index is 0.0257. The number of aromatic hydroxyl groups is 1. The van der Waals surface area contributed by atoms with E-state index in [-0.39, 0.29) is 18.3 Å². The van der Waals surface area contributed by atoms with Crippen LogP contribution in [-0.2, 0) is 0 Å². The number of aromatic amines is 1. The molecule has 0 spiro atoms. The molecule has 1 aromatic heterocycles. The second-order valence-electron chi connectivity index (χ2n) is 9.51. The molecular formula is C29H37N3O5. The number of fused-ring (bicyclic) bond motifs is 1. The molecule has 1 aliphatic rings. The second kappa shape index (κ2) is 11.7. The third kappa shape index (κ3) is 5.30. The normalized spacial score (nSPS) is 14.8. The highest BCUT2D eigenvalue weighted by Gasteiger charge is 2.42. The number of aromatic nitrogens is 2. The van der Waals surface area contributed by atoms with Crippen LogP contribution in [0.5, 0.6) is 17.2 Å². The van der Waals surface area contributed by atoms with Crippen LogP contribution in [0, 0.1) is 13.8 Å². The zero-order chi connectivity index (χ0) is 26.5. The lowest BCUT2D eigenvalue weighted by atomic mass is 9.93. The first-order valence-electron chi connectivity index (χ1n) is 13.1. The van der Waals surface area contributed by atoms with Gasteiger partial charge in [-0.2, -0.15) is 5.10 Å². The van der Waals surface area contributed by atoms with Gasteiger partial charge in [0.15, 0.2) is 11.5 Å². The third-order valence-electron chi connectivity index (χ3n) is 6.71. The van der Waals surface area contributed by atoms with E-state index >= 15 is 0 Å². The van der Waals surface area contributed by atoms with Crippen LogP contribution in [0.15, 0.2) is 30.3 Å². The van der Waals surface area contributed by atoms with Crippen LogP contribution in [0.3, 0.4) is 0 Å². The summed E-state index contributed by atoms with van der Waals surface area (Å²) >= 11 is 0. The predicted molar refractivity (Wildman–Crippen MR) is 142 cm³/mol. The summed E-state index contributed by atoms with van der Waals surface area (Å²) in [7, 11) is 0. The van der Waals surface area contributed by atoms with Gasteiger partial charge in [-0.15, -0.1) is 0 Å². The molecule has 1 aliphatic heterocycles. The van der Waals surface area contributed by atoms with Crippen molar-refractivity contribution in [3.63, 3.8) is 0 Å². The standard InChI is InChI=1S/C29H37N3O5/c1-5-7-8-14-37-22-11-10-20(17-23(22)36-6-2)28-25-26(24-19(4)15-18(3)16-21(24)34)30-31-27(25)29(35)32(28)12-9-13-33/h10-11,15-17,28,33-34H,5-9,12-14H2,1-4H3,(H,30,31). The monoisotopic (exact) mass is 507 g/mol. The first-order chi connectivity index (χ1) is 17.9. The first kappa shape index (κ1) is 26.5. The molecule has 8 nitrogen and oxygen atoms in total. The second-order valence-corrected chi connectivity index (χ2v) is 9.51. The van der Waals surface area contributed by atoms with Gasteiger partial charge < -0.3 is 24.6 Å². The average Bonchev–Trinajstić information content (AvgIpc) is 3.39. The summed E-state index contributed by atoms with van der Waals surface area (Å²) in [6.07, 6.45) is 3.63. The van der Waals surface area contributed by atoms with E-state index in [1.807, 2.05) is 45.0 Å². The van der Waals surface area contributed by atoms with Crippen molar-refractivity contribution < 1.29 is 24.5 Å². The predicted octanol–water partition coefficient (Wildman–Crippen LogP) is 5.29. The number of H-pyrrole nitrogens is 1. The first-order valence-corrected chi connectivity index (χ1v) is 13.1. The number of ether oxygens (including phenoxy) is 2. The number of phenolic OH excluding ortho intramolecular Hbond substituents is 1. The third-order valence-corrected chi connectivity index (χ3v) is 6.71. The minimum atomic E-state index is -0.462. The molecule has 4 rings (SSSR count). The highest BCUT2D eigenvalue weighted by atomic mass is 16.5. The maximum Gasteiger partial charge on any atom is 0.273 e. The number of nitrogens with zero attached hydrogens (tertiary/aromatic N) is 2. The fourth-order valence-electron chi connectivity index (χ4n) is 5.08. The van der Waals surface area contributed by atoms with E-state index in [1.165, 1.54) is 0 Å². The van der Waals surface area contributed by atoms with Crippen LogP contribution in [0.2, 0.25) is 0 Å². The van der Waals surface area contributed by atoms with Gasteiger partial charge in [0.25, 0.3) is 5.91 Å². The molecule has 3 aromatic rings. The number of hydrogen-bond acceptors (Lipinski definition) is 6. The van der Waals surface area contributed by atoms with Crippen molar-refractivity contribution in [2.75, 3.05) is 26.4 Å². The maximum absolute atomic E-state index is 13.5. The summed E-state index contributed by atoms with van der Waals surface area (Å²) in [5.41, 5.74) is 4.93. The quantitative estimate of drug-likeness (QED) is 0.287. The Morgan fingerprint density at radius 3 is 2.57 bits per heavy atom. The van der Waals surface area contributed by atoms with Gasteiger partial charge in [0.2, 0.25) is 0 Å². The van der Waals surface area contributed by atoms with E-state index in [0.29, 0.717) is 60.2 Å². The fraction of sp³-hybridized carbons (Fsp3) is 0.448. The Morgan fingerprint density at radius 2 is 1.86 bits per heavy atom. The number of benzene rings is 2. The van der Waals surface area contributed by atoms with Gasteiger partial charge in [0.1, 0.15) is 17.1 Å². The van der Waals surface area contributed by atoms with E-state index in [2.05, 4.69) is 17.1 Å². The lowest BCUT2D eigenvalue weighted by molar-refractivity contribution is 0.0732. The fourth-order valence-corrected chi connectivity index (χ4v) is 5.08. The summed E-state index contributed by atoms with van der Waals surface area (Å²) in [5, 5.41) is 27.8. The van der Waals surface area contributed by atoms with E-state index in [1.54, 1.807) is 11.0 Å². The SMILES string of the molecule is CCCCCOc1ccc(C2c3c(-c4c(C)cc(C)cc4O)n[nH]c3C(=O)N2CCCO)cc1OCC. The van der Waals surface area contributed by atoms with Gasteiger partial charge in [-0.25, -0.2) is 0 Å². The van der Waals surface area contributed by atoms with Crippen LogP contribution in [0.4, 0.5) is 0 Å². The Labute approximate surface area is 218 Å². The molecule has 1 unspecified atom stereocenters. The molecule has 2 aromatic carbocycles. The van der Waals surface area contributed by atoms with Crippen LogP contribution in [0.25, 0.3) is 11.3 Å². The number of carbonyl (C=O) groups excluding carboxylic acids is 1. The van der Waals surface area contributed by atoms with Crippen LogP contribution in [-0.4, -0.2) is 57.6 Å². The lowest BCUT2D eigenvalue weighted by Gasteiger charge is -2.27. The van der Waals surface area contributed by atoms with E-state index < -0.39 is 6.04 Å². The summed E-state index contributed by atoms with van der Waals surface area (Å²) < 4.78 is 12.0. The number of rotatable bonds is 12. The number of amides is 1. The number of phenols is 1. The van der Waals surface area contributed by atoms with Crippen molar-refractivity contribution in [3.8, 4) is 28.5 Å². The molecule has 0 saturated carbocycles. The summed E-state index contributed by atoms with van der Waals surface area (Å²) in [5.74, 6) is 1.23.